The third-order valence-corrected chi connectivity index (χ3v) is 4.90. The van der Waals surface area contributed by atoms with E-state index in [1.54, 1.807) is 12.1 Å². The Morgan fingerprint density at radius 1 is 1.38 bits per heavy atom. The van der Waals surface area contributed by atoms with Gasteiger partial charge in [-0.15, -0.1) is 0 Å². The number of hydrogen-bond donors (Lipinski definition) is 2. The van der Waals surface area contributed by atoms with Crippen molar-refractivity contribution in [3.63, 3.8) is 0 Å². The molecule has 2 rings (SSSR count). The molecule has 2 N–H and O–H groups in total. The molecule has 0 saturated heterocycles. The summed E-state index contributed by atoms with van der Waals surface area (Å²) in [6, 6.07) is 5.56. The van der Waals surface area contributed by atoms with Gasteiger partial charge in [0, 0.05) is 11.7 Å². The SMILES string of the molecule is CC1CCC(C(C)C)C(Nc2ccc(Cl)c(C(=O)O)c2)C1. The van der Waals surface area contributed by atoms with Gasteiger partial charge in [0.1, 0.15) is 0 Å². The summed E-state index contributed by atoms with van der Waals surface area (Å²) in [5.41, 5.74) is 1.01. The molecule has 3 atom stereocenters. The van der Waals surface area contributed by atoms with Gasteiger partial charge in [-0.05, 0) is 48.8 Å². The molecule has 3 unspecified atom stereocenters. The maximum Gasteiger partial charge on any atom is 0.337 e. The Kier molecular flexibility index (Phi) is 5.15. The van der Waals surface area contributed by atoms with Gasteiger partial charge in [-0.3, -0.25) is 0 Å². The Morgan fingerprint density at radius 2 is 2.10 bits per heavy atom. The molecule has 1 fully saturated rings. The minimum Gasteiger partial charge on any atom is -0.478 e. The molecule has 116 valence electrons. The summed E-state index contributed by atoms with van der Waals surface area (Å²) in [6.07, 6.45) is 3.64. The van der Waals surface area contributed by atoms with Crippen LogP contribution in [0.2, 0.25) is 5.02 Å². The molecule has 0 heterocycles. The summed E-state index contributed by atoms with van der Waals surface area (Å²) in [7, 11) is 0. The predicted octanol–water partition coefficient (Wildman–Crippen LogP) is 4.91. The molecule has 4 heteroatoms. The maximum absolute atomic E-state index is 11.2. The molecule has 0 amide bonds. The second-order valence-electron chi connectivity index (χ2n) is 6.58. The van der Waals surface area contributed by atoms with Crippen LogP contribution in [0.5, 0.6) is 0 Å². The van der Waals surface area contributed by atoms with Crippen LogP contribution >= 0.6 is 11.6 Å². The van der Waals surface area contributed by atoms with E-state index in [1.807, 2.05) is 6.07 Å². The number of benzene rings is 1. The van der Waals surface area contributed by atoms with Crippen LogP contribution in [0.4, 0.5) is 5.69 Å². The van der Waals surface area contributed by atoms with E-state index in [2.05, 4.69) is 26.1 Å². The van der Waals surface area contributed by atoms with Crippen LogP contribution in [0.3, 0.4) is 0 Å². The van der Waals surface area contributed by atoms with Crippen LogP contribution in [0.25, 0.3) is 0 Å². The Balaban J connectivity index is 2.18. The van der Waals surface area contributed by atoms with Crippen LogP contribution in [0.15, 0.2) is 18.2 Å². The van der Waals surface area contributed by atoms with Crippen LogP contribution in [-0.2, 0) is 0 Å². The van der Waals surface area contributed by atoms with Gasteiger partial charge in [0.2, 0.25) is 0 Å². The number of aromatic carboxylic acids is 1. The molecule has 0 bridgehead atoms. The van der Waals surface area contributed by atoms with E-state index in [4.69, 9.17) is 16.7 Å². The summed E-state index contributed by atoms with van der Waals surface area (Å²) < 4.78 is 0. The molecule has 3 nitrogen and oxygen atoms in total. The van der Waals surface area contributed by atoms with Crippen molar-refractivity contribution < 1.29 is 9.90 Å². The molecule has 0 spiro atoms. The lowest BCUT2D eigenvalue weighted by Gasteiger charge is -2.38. The quantitative estimate of drug-likeness (QED) is 0.830. The zero-order valence-electron chi connectivity index (χ0n) is 12.9. The topological polar surface area (TPSA) is 49.3 Å². The Morgan fingerprint density at radius 3 is 2.71 bits per heavy atom. The zero-order valence-corrected chi connectivity index (χ0v) is 13.7. The number of carbonyl (C=O) groups is 1. The van der Waals surface area contributed by atoms with Gasteiger partial charge in [0.05, 0.1) is 10.6 Å². The molecule has 1 saturated carbocycles. The Hall–Kier alpha value is -1.22. The molecule has 0 radical (unpaired) electrons. The van der Waals surface area contributed by atoms with Crippen molar-refractivity contribution in [2.75, 3.05) is 5.32 Å². The zero-order chi connectivity index (χ0) is 15.6. The first-order chi connectivity index (χ1) is 9.88. The van der Waals surface area contributed by atoms with Crippen molar-refractivity contribution in [2.24, 2.45) is 17.8 Å². The smallest absolute Gasteiger partial charge is 0.337 e. The van der Waals surface area contributed by atoms with E-state index in [0.29, 0.717) is 23.8 Å². The second kappa shape index (κ2) is 6.69. The second-order valence-corrected chi connectivity index (χ2v) is 6.98. The Labute approximate surface area is 131 Å². The van der Waals surface area contributed by atoms with Crippen molar-refractivity contribution in [1.82, 2.24) is 0 Å². The van der Waals surface area contributed by atoms with Crippen LogP contribution < -0.4 is 5.32 Å². The number of rotatable bonds is 4. The standard InChI is InChI=1S/C17H24ClNO2/c1-10(2)13-6-4-11(3)8-16(13)19-12-5-7-15(18)14(9-12)17(20)21/h5,7,9-11,13,16,19H,4,6,8H2,1-3H3,(H,20,21). The Bertz CT molecular complexity index is 516. The van der Waals surface area contributed by atoms with Gasteiger partial charge in [0.25, 0.3) is 0 Å². The molecule has 1 aromatic rings. The lowest BCUT2D eigenvalue weighted by molar-refractivity contribution is 0.0697. The predicted molar refractivity (Wildman–Crippen MR) is 87.2 cm³/mol. The highest BCUT2D eigenvalue weighted by atomic mass is 35.5. The largest absolute Gasteiger partial charge is 0.478 e. The third-order valence-electron chi connectivity index (χ3n) is 4.57. The third kappa shape index (κ3) is 3.91. The first-order valence-electron chi connectivity index (χ1n) is 7.68. The van der Waals surface area contributed by atoms with E-state index in [0.717, 1.165) is 12.1 Å². The highest BCUT2D eigenvalue weighted by Gasteiger charge is 2.30. The van der Waals surface area contributed by atoms with Gasteiger partial charge in [-0.25, -0.2) is 4.79 Å². The van der Waals surface area contributed by atoms with Gasteiger partial charge >= 0.3 is 5.97 Å². The number of carboxylic acid groups (broad SMARTS) is 1. The van der Waals surface area contributed by atoms with Crippen molar-refractivity contribution in [3.8, 4) is 0 Å². The molecule has 21 heavy (non-hydrogen) atoms. The number of nitrogens with one attached hydrogen (secondary N) is 1. The fourth-order valence-electron chi connectivity index (χ4n) is 3.36. The molecule has 1 aliphatic carbocycles. The first kappa shape index (κ1) is 16.2. The minimum atomic E-state index is -0.985. The summed E-state index contributed by atoms with van der Waals surface area (Å²) in [5.74, 6) is 0.983. The summed E-state index contributed by atoms with van der Waals surface area (Å²) >= 11 is 5.93. The summed E-state index contributed by atoms with van der Waals surface area (Å²) in [5, 5.41) is 13.0. The average molecular weight is 310 g/mol. The minimum absolute atomic E-state index is 0.159. The number of halogens is 1. The summed E-state index contributed by atoms with van der Waals surface area (Å²) in [4.78, 5) is 11.2. The van der Waals surface area contributed by atoms with Crippen molar-refractivity contribution in [2.45, 2.75) is 46.1 Å². The number of hydrogen-bond acceptors (Lipinski definition) is 2. The van der Waals surface area contributed by atoms with Crippen LogP contribution in [0.1, 0.15) is 50.4 Å². The highest BCUT2D eigenvalue weighted by Crippen LogP contribution is 2.35. The fraction of sp³-hybridized carbons (Fsp3) is 0.588. The number of carboxylic acids is 1. The van der Waals surface area contributed by atoms with Crippen LogP contribution in [-0.4, -0.2) is 17.1 Å². The lowest BCUT2D eigenvalue weighted by Crippen LogP contribution is -2.37. The maximum atomic E-state index is 11.2. The molecule has 0 aromatic heterocycles. The monoisotopic (exact) mass is 309 g/mol. The van der Waals surface area contributed by atoms with E-state index < -0.39 is 5.97 Å². The molecule has 0 aliphatic heterocycles. The van der Waals surface area contributed by atoms with E-state index >= 15 is 0 Å². The van der Waals surface area contributed by atoms with Gasteiger partial charge in [-0.2, -0.15) is 0 Å². The fourth-order valence-corrected chi connectivity index (χ4v) is 3.56. The van der Waals surface area contributed by atoms with Crippen molar-refractivity contribution in [1.29, 1.82) is 0 Å². The first-order valence-corrected chi connectivity index (χ1v) is 8.05. The van der Waals surface area contributed by atoms with E-state index in [9.17, 15) is 4.79 Å². The van der Waals surface area contributed by atoms with Gasteiger partial charge < -0.3 is 10.4 Å². The van der Waals surface area contributed by atoms with Crippen molar-refractivity contribution in [3.05, 3.63) is 28.8 Å². The summed E-state index contributed by atoms with van der Waals surface area (Å²) in [6.45, 7) is 6.81. The molecular weight excluding hydrogens is 286 g/mol. The average Bonchev–Trinajstić information content (AvgIpc) is 2.40. The molecule has 1 aliphatic rings. The van der Waals surface area contributed by atoms with Gasteiger partial charge in [0.15, 0.2) is 0 Å². The normalized spacial score (nSPS) is 25.9. The van der Waals surface area contributed by atoms with E-state index in [1.165, 1.54) is 12.8 Å². The van der Waals surface area contributed by atoms with Gasteiger partial charge in [-0.1, -0.05) is 38.8 Å². The van der Waals surface area contributed by atoms with E-state index in [-0.39, 0.29) is 10.6 Å². The van der Waals surface area contributed by atoms with Crippen LogP contribution in [0, 0.1) is 17.8 Å². The number of anilines is 1. The molecular formula is C17H24ClNO2. The van der Waals surface area contributed by atoms with Crippen molar-refractivity contribution >= 4 is 23.3 Å². The molecule has 1 aromatic carbocycles. The highest BCUT2D eigenvalue weighted by molar-refractivity contribution is 6.33. The lowest BCUT2D eigenvalue weighted by atomic mass is 9.74.